The van der Waals surface area contributed by atoms with Crippen LogP contribution in [0.4, 0.5) is 4.39 Å². The number of carboxylic acid groups (broad SMARTS) is 1. The molecule has 1 amide bonds. The lowest BCUT2D eigenvalue weighted by Crippen LogP contribution is -2.16. The molecule has 1 aliphatic heterocycles. The fourth-order valence-corrected chi connectivity index (χ4v) is 4.19. The van der Waals surface area contributed by atoms with Crippen molar-refractivity contribution in [1.82, 2.24) is 0 Å². The van der Waals surface area contributed by atoms with Crippen LogP contribution in [0.5, 0.6) is 11.5 Å². The van der Waals surface area contributed by atoms with Crippen LogP contribution in [0.1, 0.15) is 29.5 Å². The number of carbonyl (C=O) groups excluding carboxylic acids is 1. The van der Waals surface area contributed by atoms with Gasteiger partial charge in [0.25, 0.3) is 0 Å². The van der Waals surface area contributed by atoms with Crippen molar-refractivity contribution in [2.45, 2.75) is 38.4 Å². The van der Waals surface area contributed by atoms with Crippen LogP contribution < -0.4 is 15.2 Å². The summed E-state index contributed by atoms with van der Waals surface area (Å²) in [6.45, 7) is 1.19. The number of carboxylic acids is 1. The molecule has 3 aromatic carbocycles. The number of halogens is 1. The molecule has 7 nitrogen and oxygen atoms in total. The number of para-hydroxylation sites is 1. The number of rotatable bonds is 11. The van der Waals surface area contributed by atoms with Gasteiger partial charge in [0.05, 0.1) is 18.9 Å². The van der Waals surface area contributed by atoms with E-state index in [4.69, 9.17) is 19.9 Å². The molecule has 3 N–H and O–H groups in total. The first-order valence-electron chi connectivity index (χ1n) is 11.8. The lowest BCUT2D eigenvalue weighted by Gasteiger charge is -2.16. The molecule has 8 heteroatoms. The first kappa shape index (κ1) is 25.2. The number of hydrogen-bond acceptors (Lipinski definition) is 5. The fourth-order valence-electron chi connectivity index (χ4n) is 4.19. The minimum Gasteiger partial charge on any atom is -0.491 e. The molecular formula is C28H28FNO6. The van der Waals surface area contributed by atoms with E-state index in [-0.39, 0.29) is 31.1 Å². The molecule has 1 unspecified atom stereocenters. The van der Waals surface area contributed by atoms with Crippen molar-refractivity contribution in [1.29, 1.82) is 0 Å². The highest BCUT2D eigenvalue weighted by Gasteiger charge is 2.18. The maximum Gasteiger partial charge on any atom is 0.307 e. The minimum absolute atomic E-state index is 0.00637. The third-order valence-corrected chi connectivity index (χ3v) is 5.89. The second-order valence-corrected chi connectivity index (χ2v) is 8.70. The van der Waals surface area contributed by atoms with Gasteiger partial charge in [-0.25, -0.2) is 4.39 Å². The van der Waals surface area contributed by atoms with Crippen molar-refractivity contribution in [3.8, 4) is 22.6 Å². The number of hydrogen-bond donors (Lipinski definition) is 2. The average molecular weight is 494 g/mol. The number of aliphatic carboxylic acids is 1. The Morgan fingerprint density at radius 2 is 1.83 bits per heavy atom. The van der Waals surface area contributed by atoms with Crippen LogP contribution in [0.25, 0.3) is 11.1 Å². The van der Waals surface area contributed by atoms with Gasteiger partial charge in [-0.05, 0) is 53.8 Å². The Balaban J connectivity index is 1.63. The Kier molecular flexibility index (Phi) is 8.17. The van der Waals surface area contributed by atoms with Crippen LogP contribution in [0, 0.1) is 5.82 Å². The zero-order valence-corrected chi connectivity index (χ0v) is 19.7. The zero-order chi connectivity index (χ0) is 25.5. The predicted molar refractivity (Wildman–Crippen MR) is 131 cm³/mol. The van der Waals surface area contributed by atoms with Gasteiger partial charge in [0.15, 0.2) is 0 Å². The van der Waals surface area contributed by atoms with Gasteiger partial charge in [-0.15, -0.1) is 0 Å². The molecule has 0 radical (unpaired) electrons. The van der Waals surface area contributed by atoms with Gasteiger partial charge < -0.3 is 25.1 Å². The molecular weight excluding hydrogens is 465 g/mol. The Hall–Kier alpha value is -3.91. The maximum atomic E-state index is 15.3. The largest absolute Gasteiger partial charge is 0.491 e. The number of carbonyl (C=O) groups is 2. The van der Waals surface area contributed by atoms with Gasteiger partial charge >= 0.3 is 5.97 Å². The Bertz CT molecular complexity index is 1240. The summed E-state index contributed by atoms with van der Waals surface area (Å²) in [6, 6.07) is 17.1. The van der Waals surface area contributed by atoms with Crippen molar-refractivity contribution in [3.05, 3.63) is 83.2 Å². The lowest BCUT2D eigenvalue weighted by atomic mass is 9.98. The number of nitrogens with two attached hydrogens (primary N) is 1. The summed E-state index contributed by atoms with van der Waals surface area (Å²) in [5.41, 5.74) is 7.62. The van der Waals surface area contributed by atoms with E-state index in [0.29, 0.717) is 47.0 Å². The molecule has 1 aliphatic rings. The summed E-state index contributed by atoms with van der Waals surface area (Å²) in [6.07, 6.45) is 1.54. The summed E-state index contributed by atoms with van der Waals surface area (Å²) < 4.78 is 32.9. The van der Waals surface area contributed by atoms with E-state index in [1.165, 1.54) is 6.07 Å². The quantitative estimate of drug-likeness (QED) is 0.413. The maximum absolute atomic E-state index is 15.3. The Morgan fingerprint density at radius 3 is 2.58 bits per heavy atom. The van der Waals surface area contributed by atoms with E-state index >= 15 is 4.39 Å². The van der Waals surface area contributed by atoms with Gasteiger partial charge in [0.1, 0.15) is 30.5 Å². The molecule has 4 rings (SSSR count). The number of amides is 1. The van der Waals surface area contributed by atoms with E-state index in [0.717, 1.165) is 12.8 Å². The topological polar surface area (TPSA) is 108 Å². The van der Waals surface area contributed by atoms with Crippen LogP contribution >= 0.6 is 0 Å². The lowest BCUT2D eigenvalue weighted by molar-refractivity contribution is -0.136. The summed E-state index contributed by atoms with van der Waals surface area (Å²) in [7, 11) is 0. The highest BCUT2D eigenvalue weighted by molar-refractivity contribution is 5.78. The standard InChI is InChI=1S/C28H28FNO6/c29-28-20(14-26(30)31)6-3-8-24(28)21-11-18(12-23(13-21)35-17-22-7-4-10-34-22)16-36-25-9-2-1-5-19(25)15-27(32)33/h1-3,5-6,8-9,11-13,22H,4,7,10,14-17H2,(H2,30,31)(H,32,33). The summed E-state index contributed by atoms with van der Waals surface area (Å²) in [4.78, 5) is 22.6. The first-order chi connectivity index (χ1) is 17.4. The molecule has 1 heterocycles. The van der Waals surface area contributed by atoms with Crippen molar-refractivity contribution in [3.63, 3.8) is 0 Å². The number of primary amides is 1. The van der Waals surface area contributed by atoms with Crippen molar-refractivity contribution < 1.29 is 33.3 Å². The third kappa shape index (κ3) is 6.60. The minimum atomic E-state index is -0.954. The molecule has 0 aliphatic carbocycles. The molecule has 0 bridgehead atoms. The first-order valence-corrected chi connectivity index (χ1v) is 11.8. The van der Waals surface area contributed by atoms with Gasteiger partial charge in [0, 0.05) is 17.7 Å². The third-order valence-electron chi connectivity index (χ3n) is 5.89. The van der Waals surface area contributed by atoms with Gasteiger partial charge in [-0.1, -0.05) is 36.4 Å². The zero-order valence-electron chi connectivity index (χ0n) is 19.7. The van der Waals surface area contributed by atoms with Crippen LogP contribution in [0.15, 0.2) is 60.7 Å². The van der Waals surface area contributed by atoms with E-state index < -0.39 is 17.7 Å². The Labute approximate surface area is 208 Å². The van der Waals surface area contributed by atoms with E-state index in [2.05, 4.69) is 0 Å². The van der Waals surface area contributed by atoms with Crippen molar-refractivity contribution in [2.24, 2.45) is 5.73 Å². The molecule has 1 fully saturated rings. The van der Waals surface area contributed by atoms with Crippen LogP contribution in [0.3, 0.4) is 0 Å². The molecule has 188 valence electrons. The van der Waals surface area contributed by atoms with Crippen LogP contribution in [-0.4, -0.2) is 36.3 Å². The monoisotopic (exact) mass is 493 g/mol. The van der Waals surface area contributed by atoms with Gasteiger partial charge in [-0.3, -0.25) is 9.59 Å². The molecule has 0 spiro atoms. The highest BCUT2D eigenvalue weighted by atomic mass is 19.1. The Morgan fingerprint density at radius 1 is 1.03 bits per heavy atom. The van der Waals surface area contributed by atoms with Crippen molar-refractivity contribution in [2.75, 3.05) is 13.2 Å². The van der Waals surface area contributed by atoms with E-state index in [9.17, 15) is 14.7 Å². The second-order valence-electron chi connectivity index (χ2n) is 8.70. The fraction of sp³-hybridized carbons (Fsp3) is 0.286. The van der Waals surface area contributed by atoms with Crippen LogP contribution in [-0.2, 0) is 33.8 Å². The average Bonchev–Trinajstić information content (AvgIpc) is 3.37. The SMILES string of the molecule is NC(=O)Cc1cccc(-c2cc(COc3ccccc3CC(=O)O)cc(OCC3CCCO3)c2)c1F. The molecule has 3 aromatic rings. The normalized spacial score (nSPS) is 15.0. The summed E-state index contributed by atoms with van der Waals surface area (Å²) in [5, 5.41) is 9.18. The molecule has 0 aromatic heterocycles. The van der Waals surface area contributed by atoms with E-state index in [1.54, 1.807) is 48.5 Å². The highest BCUT2D eigenvalue weighted by Crippen LogP contribution is 2.31. The van der Waals surface area contributed by atoms with Crippen molar-refractivity contribution >= 4 is 11.9 Å². The number of benzene rings is 3. The second kappa shape index (κ2) is 11.7. The molecule has 1 saturated heterocycles. The molecule has 1 atom stereocenters. The van der Waals surface area contributed by atoms with E-state index in [1.807, 2.05) is 6.07 Å². The summed E-state index contributed by atoms with van der Waals surface area (Å²) in [5.74, 6) is -1.11. The smallest absolute Gasteiger partial charge is 0.307 e. The van der Waals surface area contributed by atoms with Crippen LogP contribution in [0.2, 0.25) is 0 Å². The molecule has 36 heavy (non-hydrogen) atoms. The van der Waals surface area contributed by atoms with Gasteiger partial charge in [-0.2, -0.15) is 0 Å². The van der Waals surface area contributed by atoms with Gasteiger partial charge in [0.2, 0.25) is 5.91 Å². The summed E-state index contributed by atoms with van der Waals surface area (Å²) >= 11 is 0. The number of ether oxygens (including phenoxy) is 3. The predicted octanol–water partition coefficient (Wildman–Crippen LogP) is 4.28. The molecule has 0 saturated carbocycles.